The van der Waals surface area contributed by atoms with Gasteiger partial charge in [-0.15, -0.1) is 0 Å². The van der Waals surface area contributed by atoms with Gasteiger partial charge in [-0.3, -0.25) is 14.5 Å². The number of likely N-dealkylation sites (tertiary alicyclic amines) is 2. The maximum absolute atomic E-state index is 14.0. The Morgan fingerprint density at radius 3 is 2.24 bits per heavy atom. The van der Waals surface area contributed by atoms with Crippen LogP contribution in [0.15, 0.2) is 18.2 Å². The van der Waals surface area contributed by atoms with E-state index in [0.29, 0.717) is 38.0 Å². The van der Waals surface area contributed by atoms with E-state index < -0.39 is 29.0 Å². The molecule has 2 saturated heterocycles. The fraction of sp³-hybridized carbons (Fsp3) is 0.700. The van der Waals surface area contributed by atoms with Crippen LogP contribution in [0.1, 0.15) is 85.3 Å². The summed E-state index contributed by atoms with van der Waals surface area (Å²) < 4.78 is 38.6. The van der Waals surface area contributed by atoms with Gasteiger partial charge in [0.05, 0.1) is 11.8 Å². The number of alkyl halides is 2. The van der Waals surface area contributed by atoms with Gasteiger partial charge in [0.1, 0.15) is 11.2 Å². The van der Waals surface area contributed by atoms with Gasteiger partial charge in [-0.05, 0) is 71.9 Å². The molecule has 11 heteroatoms. The van der Waals surface area contributed by atoms with Crippen LogP contribution in [0.5, 0.6) is 0 Å². The smallest absolute Gasteiger partial charge is 0.410 e. The van der Waals surface area contributed by atoms with E-state index >= 15 is 0 Å². The quantitative estimate of drug-likeness (QED) is 0.389. The Morgan fingerprint density at radius 1 is 1.07 bits per heavy atom. The van der Waals surface area contributed by atoms with E-state index in [1.165, 1.54) is 12.1 Å². The summed E-state index contributed by atoms with van der Waals surface area (Å²) in [5.74, 6) is -1.04. The second kappa shape index (κ2) is 12.8. The van der Waals surface area contributed by atoms with Gasteiger partial charge in [0.2, 0.25) is 5.91 Å². The van der Waals surface area contributed by atoms with Crippen molar-refractivity contribution in [3.8, 4) is 0 Å². The van der Waals surface area contributed by atoms with Gasteiger partial charge in [-0.2, -0.15) is 0 Å². The SMILES string of the molecule is C[C@@H]1CN(Cc2c(Cl)cccc2C(F)F)C[C@]1(CC(=O)OC(C)(C)C)C(=O)NC1CCN(C(=O)OC(C)(C)C)CC1. The Kier molecular flexibility index (Phi) is 10.3. The van der Waals surface area contributed by atoms with Crippen LogP contribution in [0.2, 0.25) is 5.02 Å². The number of halogens is 3. The van der Waals surface area contributed by atoms with Crippen LogP contribution >= 0.6 is 11.6 Å². The van der Waals surface area contributed by atoms with E-state index in [4.69, 9.17) is 21.1 Å². The van der Waals surface area contributed by atoms with Crippen LogP contribution in [0, 0.1) is 11.3 Å². The molecule has 0 bridgehead atoms. The maximum Gasteiger partial charge on any atom is 0.410 e. The van der Waals surface area contributed by atoms with Crippen LogP contribution in [-0.2, 0) is 25.6 Å². The average molecular weight is 600 g/mol. The second-order valence-electron chi connectivity index (χ2n) is 13.3. The van der Waals surface area contributed by atoms with Crippen LogP contribution in [-0.4, -0.2) is 71.2 Å². The summed E-state index contributed by atoms with van der Waals surface area (Å²) in [6, 6.07) is 4.24. The molecule has 2 aliphatic rings. The number of benzene rings is 1. The van der Waals surface area contributed by atoms with Gasteiger partial charge in [0, 0.05) is 49.4 Å². The molecule has 0 spiro atoms. The molecule has 0 saturated carbocycles. The number of nitrogens with one attached hydrogen (secondary N) is 1. The van der Waals surface area contributed by atoms with E-state index in [2.05, 4.69) is 5.32 Å². The van der Waals surface area contributed by atoms with Crippen LogP contribution < -0.4 is 5.32 Å². The third kappa shape index (κ3) is 8.77. The zero-order valence-corrected chi connectivity index (χ0v) is 25.9. The molecule has 0 radical (unpaired) electrons. The lowest BCUT2D eigenvalue weighted by molar-refractivity contribution is -0.161. The van der Waals surface area contributed by atoms with Gasteiger partial charge >= 0.3 is 12.1 Å². The molecule has 41 heavy (non-hydrogen) atoms. The predicted octanol–water partition coefficient (Wildman–Crippen LogP) is 5.96. The monoisotopic (exact) mass is 599 g/mol. The maximum atomic E-state index is 14.0. The van der Waals surface area contributed by atoms with E-state index in [-0.39, 0.29) is 54.1 Å². The average Bonchev–Trinajstić information content (AvgIpc) is 3.13. The fourth-order valence-electron chi connectivity index (χ4n) is 5.58. The van der Waals surface area contributed by atoms with Crippen LogP contribution in [0.4, 0.5) is 13.6 Å². The minimum Gasteiger partial charge on any atom is -0.460 e. The van der Waals surface area contributed by atoms with E-state index in [1.54, 1.807) is 31.7 Å². The fourth-order valence-corrected chi connectivity index (χ4v) is 5.82. The zero-order valence-electron chi connectivity index (χ0n) is 25.2. The van der Waals surface area contributed by atoms with Crippen LogP contribution in [0.3, 0.4) is 0 Å². The van der Waals surface area contributed by atoms with Gasteiger partial charge in [0.15, 0.2) is 0 Å². The van der Waals surface area contributed by atoms with Crippen molar-refractivity contribution in [2.24, 2.45) is 11.3 Å². The third-order valence-corrected chi connectivity index (χ3v) is 7.92. The van der Waals surface area contributed by atoms with Gasteiger partial charge in [-0.1, -0.05) is 30.7 Å². The van der Waals surface area contributed by atoms with Gasteiger partial charge in [-0.25, -0.2) is 13.6 Å². The summed E-state index contributed by atoms with van der Waals surface area (Å²) in [5, 5.41) is 3.37. The highest BCUT2D eigenvalue weighted by Crippen LogP contribution is 2.42. The Morgan fingerprint density at radius 2 is 1.68 bits per heavy atom. The molecule has 1 aromatic carbocycles. The highest BCUT2D eigenvalue weighted by atomic mass is 35.5. The number of hydrogen-bond acceptors (Lipinski definition) is 6. The van der Waals surface area contributed by atoms with Crippen molar-refractivity contribution in [3.63, 3.8) is 0 Å². The lowest BCUT2D eigenvalue weighted by Crippen LogP contribution is -2.54. The number of hydrogen-bond donors (Lipinski definition) is 1. The molecular weight excluding hydrogens is 556 g/mol. The second-order valence-corrected chi connectivity index (χ2v) is 13.7. The molecular formula is C30H44ClF2N3O5. The Balaban J connectivity index is 1.77. The number of rotatable bonds is 7. The van der Waals surface area contributed by atoms with Gasteiger partial charge < -0.3 is 19.7 Å². The van der Waals surface area contributed by atoms with E-state index in [9.17, 15) is 23.2 Å². The highest BCUT2D eigenvalue weighted by molar-refractivity contribution is 6.31. The first kappa shape index (κ1) is 33.0. The standard InChI is InChI=1S/C30H44ClF2N3O5/c1-19-16-35(17-22-21(25(32)33)9-8-10-23(22)31)18-30(19,15-24(37)40-28(2,3)4)26(38)34-20-11-13-36(14-12-20)27(39)41-29(5,6)7/h8-10,19-20,25H,11-18H2,1-7H3,(H,34,38)/t19-,30+/m1/s1. The topological polar surface area (TPSA) is 88.2 Å². The van der Waals surface area contributed by atoms with E-state index in [1.807, 2.05) is 32.6 Å². The molecule has 8 nitrogen and oxygen atoms in total. The minimum atomic E-state index is -2.69. The van der Waals surface area contributed by atoms with Crippen molar-refractivity contribution >= 4 is 29.6 Å². The summed E-state index contributed by atoms with van der Waals surface area (Å²) in [6.45, 7) is 14.2. The number of carbonyl (C=O) groups excluding carboxylic acids is 3. The molecule has 230 valence electrons. The molecule has 0 unspecified atom stereocenters. The summed E-state index contributed by atoms with van der Waals surface area (Å²) in [7, 11) is 0. The van der Waals surface area contributed by atoms with Crippen molar-refractivity contribution in [2.75, 3.05) is 26.2 Å². The molecule has 0 aliphatic carbocycles. The molecule has 3 rings (SSSR count). The molecule has 2 atom stereocenters. The Hall–Kier alpha value is -2.46. The molecule has 1 N–H and O–H groups in total. The summed E-state index contributed by atoms with van der Waals surface area (Å²) >= 11 is 6.33. The van der Waals surface area contributed by atoms with Crippen molar-refractivity contribution in [1.82, 2.24) is 15.1 Å². The number of carbonyl (C=O) groups is 3. The number of nitrogens with zero attached hydrogens (tertiary/aromatic N) is 2. The summed E-state index contributed by atoms with van der Waals surface area (Å²) in [4.78, 5) is 43.1. The molecule has 1 aromatic rings. The largest absolute Gasteiger partial charge is 0.460 e. The molecule has 2 fully saturated rings. The normalized spacial score (nSPS) is 22.6. The Labute approximate surface area is 247 Å². The summed E-state index contributed by atoms with van der Waals surface area (Å²) in [5.41, 5.74) is -2.28. The number of piperidine rings is 1. The van der Waals surface area contributed by atoms with Crippen molar-refractivity contribution in [2.45, 2.75) is 97.9 Å². The molecule has 2 heterocycles. The van der Waals surface area contributed by atoms with Crippen molar-refractivity contribution in [3.05, 3.63) is 34.3 Å². The first-order chi connectivity index (χ1) is 18.9. The van der Waals surface area contributed by atoms with Crippen LogP contribution in [0.25, 0.3) is 0 Å². The predicted molar refractivity (Wildman–Crippen MR) is 153 cm³/mol. The number of ether oxygens (including phenoxy) is 2. The minimum absolute atomic E-state index is 0.126. The summed E-state index contributed by atoms with van der Waals surface area (Å²) in [6.07, 6.45) is -2.13. The lowest BCUT2D eigenvalue weighted by atomic mass is 9.75. The first-order valence-electron chi connectivity index (χ1n) is 14.2. The van der Waals surface area contributed by atoms with E-state index in [0.717, 1.165) is 0 Å². The molecule has 0 aromatic heterocycles. The van der Waals surface area contributed by atoms with Crippen molar-refractivity contribution < 1.29 is 32.6 Å². The molecule has 2 amide bonds. The molecule has 2 aliphatic heterocycles. The van der Waals surface area contributed by atoms with Gasteiger partial charge in [0.25, 0.3) is 6.43 Å². The first-order valence-corrected chi connectivity index (χ1v) is 14.6. The van der Waals surface area contributed by atoms with Crippen molar-refractivity contribution in [1.29, 1.82) is 0 Å². The lowest BCUT2D eigenvalue weighted by Gasteiger charge is -2.37. The third-order valence-electron chi connectivity index (χ3n) is 7.57. The highest BCUT2D eigenvalue weighted by Gasteiger charge is 2.52. The number of amides is 2. The Bertz CT molecular complexity index is 1110. The number of esters is 1. The zero-order chi connectivity index (χ0) is 30.8.